The average Bonchev–Trinajstić information content (AvgIpc) is 1.63. The zero-order valence-electron chi connectivity index (χ0n) is 4.83. The lowest BCUT2D eigenvalue weighted by Gasteiger charge is -1.97. The monoisotopic (exact) mass is 132 g/mol. The molecule has 0 aromatic carbocycles. The first-order chi connectivity index (χ1) is 4.16. The highest BCUT2D eigenvalue weighted by Gasteiger charge is 2.01. The molecule has 0 saturated heterocycles. The lowest BCUT2D eigenvalue weighted by atomic mass is 10.5. The molecule has 0 atom stereocenters. The van der Waals surface area contributed by atoms with Crippen molar-refractivity contribution in [3.05, 3.63) is 12.5 Å². The summed E-state index contributed by atoms with van der Waals surface area (Å²) in [5.41, 5.74) is 0. The zero-order valence-corrected chi connectivity index (χ0v) is 4.83. The Morgan fingerprint density at radius 3 is 2.56 bits per heavy atom. The molecule has 0 aliphatic rings. The number of carbonyl (C=O) groups excluding carboxylic acids is 1. The van der Waals surface area contributed by atoms with E-state index in [0.29, 0.717) is 0 Å². The highest BCUT2D eigenvalue weighted by atomic mass is 16.6. The van der Waals surface area contributed by atoms with Gasteiger partial charge in [0.2, 0.25) is 0 Å². The molecule has 0 fully saturated rings. The number of hydrogen-bond acceptors (Lipinski definition) is 4. The molecule has 0 radical (unpaired) electrons. The second kappa shape index (κ2) is 3.91. The fraction of sp³-hybridized carbons (Fsp3) is 0.400. The Bertz CT molecular complexity index is 118. The van der Waals surface area contributed by atoms with Crippen molar-refractivity contribution < 1.29 is 19.7 Å². The van der Waals surface area contributed by atoms with Crippen LogP contribution in [0.3, 0.4) is 0 Å². The normalized spacial score (nSPS) is 8.56. The summed E-state index contributed by atoms with van der Waals surface area (Å²) < 4.78 is 4.05. The van der Waals surface area contributed by atoms with Crippen LogP contribution in [-0.4, -0.2) is 22.8 Å². The number of ether oxygens (including phenoxy) is 1. The molecule has 0 heterocycles. The zero-order chi connectivity index (χ0) is 7.28. The largest absolute Gasteiger partial charge is 0.481 e. The molecule has 0 aliphatic heterocycles. The molecule has 0 aromatic rings. The molecular formula is C5H8O4. The van der Waals surface area contributed by atoms with Crippen LogP contribution in [-0.2, 0) is 9.53 Å². The van der Waals surface area contributed by atoms with E-state index in [2.05, 4.69) is 11.3 Å². The van der Waals surface area contributed by atoms with Crippen LogP contribution >= 0.6 is 0 Å². The minimum atomic E-state index is -0.690. The summed E-state index contributed by atoms with van der Waals surface area (Å²) >= 11 is 0. The van der Waals surface area contributed by atoms with E-state index in [0.717, 1.165) is 0 Å². The van der Waals surface area contributed by atoms with Gasteiger partial charge in [0.25, 0.3) is 5.95 Å². The first-order valence-electron chi connectivity index (χ1n) is 2.36. The number of esters is 1. The van der Waals surface area contributed by atoms with E-state index in [1.165, 1.54) is 0 Å². The molecule has 0 unspecified atom stereocenters. The Labute approximate surface area is 52.4 Å². The molecule has 4 heteroatoms. The Balaban J connectivity index is 3.39. The molecule has 2 N–H and O–H groups in total. The van der Waals surface area contributed by atoms with E-state index in [1.807, 2.05) is 0 Å². The van der Waals surface area contributed by atoms with Gasteiger partial charge in [-0.25, -0.2) is 0 Å². The Kier molecular flexibility index (Phi) is 3.46. The van der Waals surface area contributed by atoms with Crippen LogP contribution < -0.4 is 0 Å². The van der Waals surface area contributed by atoms with Gasteiger partial charge in [0.15, 0.2) is 0 Å². The quantitative estimate of drug-likeness (QED) is 0.417. The van der Waals surface area contributed by atoms with E-state index in [4.69, 9.17) is 10.2 Å². The summed E-state index contributed by atoms with van der Waals surface area (Å²) in [6.07, 6.45) is -0.125. The van der Waals surface area contributed by atoms with E-state index in [9.17, 15) is 4.79 Å². The third kappa shape index (κ3) is 4.83. The van der Waals surface area contributed by atoms with Gasteiger partial charge in [0, 0.05) is 0 Å². The summed E-state index contributed by atoms with van der Waals surface area (Å²) in [6.45, 7) is 2.62. The number of rotatable bonds is 3. The minimum absolute atomic E-state index is 0.125. The SMILES string of the molecule is C=C(O)OC(=O)CCO. The van der Waals surface area contributed by atoms with Crippen LogP contribution in [0.1, 0.15) is 6.42 Å². The molecular weight excluding hydrogens is 124 g/mol. The van der Waals surface area contributed by atoms with Crippen molar-refractivity contribution in [3.63, 3.8) is 0 Å². The molecule has 9 heavy (non-hydrogen) atoms. The molecule has 0 saturated carbocycles. The Morgan fingerprint density at radius 1 is 1.67 bits per heavy atom. The second-order valence-electron chi connectivity index (χ2n) is 1.34. The third-order valence-electron chi connectivity index (χ3n) is 0.548. The second-order valence-corrected chi connectivity index (χ2v) is 1.34. The third-order valence-corrected chi connectivity index (χ3v) is 0.548. The maximum atomic E-state index is 10.3. The molecule has 0 aromatic heterocycles. The van der Waals surface area contributed by atoms with Gasteiger partial charge in [-0.1, -0.05) is 0 Å². The first kappa shape index (κ1) is 7.97. The Morgan fingerprint density at radius 2 is 2.22 bits per heavy atom. The predicted molar refractivity (Wildman–Crippen MR) is 29.6 cm³/mol. The van der Waals surface area contributed by atoms with Gasteiger partial charge in [-0.2, -0.15) is 0 Å². The fourth-order valence-corrected chi connectivity index (χ4v) is 0.274. The van der Waals surface area contributed by atoms with Crippen molar-refractivity contribution in [2.75, 3.05) is 6.61 Å². The fourth-order valence-electron chi connectivity index (χ4n) is 0.274. The number of hydrogen-bond donors (Lipinski definition) is 2. The van der Waals surface area contributed by atoms with Crippen LogP contribution in [0, 0.1) is 0 Å². The predicted octanol–water partition coefficient (Wildman–Crippen LogP) is -0.0588. The van der Waals surface area contributed by atoms with E-state index < -0.39 is 11.9 Å². The maximum absolute atomic E-state index is 10.3. The van der Waals surface area contributed by atoms with Gasteiger partial charge < -0.3 is 14.9 Å². The molecule has 0 amide bonds. The topological polar surface area (TPSA) is 66.8 Å². The van der Waals surface area contributed by atoms with Gasteiger partial charge in [-0.15, -0.1) is 0 Å². The summed E-state index contributed by atoms with van der Waals surface area (Å²) in [6, 6.07) is 0. The lowest BCUT2D eigenvalue weighted by Crippen LogP contribution is -2.04. The number of aliphatic hydroxyl groups is 2. The number of carbonyl (C=O) groups is 1. The lowest BCUT2D eigenvalue weighted by molar-refractivity contribution is -0.143. The molecule has 52 valence electrons. The first-order valence-corrected chi connectivity index (χ1v) is 2.36. The molecule has 0 rings (SSSR count). The Hall–Kier alpha value is -1.03. The highest BCUT2D eigenvalue weighted by Crippen LogP contribution is 1.90. The smallest absolute Gasteiger partial charge is 0.315 e. The van der Waals surface area contributed by atoms with Crippen LogP contribution in [0.4, 0.5) is 0 Å². The molecule has 0 spiro atoms. The van der Waals surface area contributed by atoms with Gasteiger partial charge in [0.05, 0.1) is 13.0 Å². The van der Waals surface area contributed by atoms with Crippen molar-refractivity contribution in [2.45, 2.75) is 6.42 Å². The van der Waals surface area contributed by atoms with Gasteiger partial charge in [-0.05, 0) is 6.58 Å². The van der Waals surface area contributed by atoms with Crippen molar-refractivity contribution >= 4 is 5.97 Å². The van der Waals surface area contributed by atoms with Crippen LogP contribution in [0.5, 0.6) is 0 Å². The van der Waals surface area contributed by atoms with Crippen LogP contribution in [0.2, 0.25) is 0 Å². The highest BCUT2D eigenvalue weighted by molar-refractivity contribution is 5.70. The average molecular weight is 132 g/mol. The van der Waals surface area contributed by atoms with Crippen LogP contribution in [0.25, 0.3) is 0 Å². The summed E-state index contributed by atoms with van der Waals surface area (Å²) in [7, 11) is 0. The molecule has 0 aliphatic carbocycles. The number of aliphatic hydroxyl groups excluding tert-OH is 2. The van der Waals surface area contributed by atoms with Gasteiger partial charge in [-0.3, -0.25) is 4.79 Å². The van der Waals surface area contributed by atoms with E-state index >= 15 is 0 Å². The van der Waals surface area contributed by atoms with Gasteiger partial charge in [0.1, 0.15) is 0 Å². The van der Waals surface area contributed by atoms with Crippen molar-refractivity contribution in [1.82, 2.24) is 0 Å². The van der Waals surface area contributed by atoms with Gasteiger partial charge >= 0.3 is 5.97 Å². The summed E-state index contributed by atoms with van der Waals surface area (Å²) in [4.78, 5) is 10.3. The molecule has 4 nitrogen and oxygen atoms in total. The van der Waals surface area contributed by atoms with E-state index in [1.54, 1.807) is 0 Å². The summed E-state index contributed by atoms with van der Waals surface area (Å²) in [5.74, 6) is -1.33. The van der Waals surface area contributed by atoms with E-state index in [-0.39, 0.29) is 13.0 Å². The van der Waals surface area contributed by atoms with Crippen molar-refractivity contribution in [2.24, 2.45) is 0 Å². The van der Waals surface area contributed by atoms with Crippen molar-refractivity contribution in [1.29, 1.82) is 0 Å². The standard InChI is InChI=1S/C5H8O4/c1-4(7)9-5(8)2-3-6/h6-7H,1-3H2. The van der Waals surface area contributed by atoms with Crippen LogP contribution in [0.15, 0.2) is 12.5 Å². The summed E-state index contributed by atoms with van der Waals surface area (Å²) in [5, 5.41) is 16.4. The minimum Gasteiger partial charge on any atom is -0.481 e. The van der Waals surface area contributed by atoms with Crippen molar-refractivity contribution in [3.8, 4) is 0 Å². The molecule has 0 bridgehead atoms. The maximum Gasteiger partial charge on any atom is 0.315 e.